The van der Waals surface area contributed by atoms with Gasteiger partial charge < -0.3 is 0 Å². The summed E-state index contributed by atoms with van der Waals surface area (Å²) in [7, 11) is 0. The van der Waals surface area contributed by atoms with E-state index in [1.54, 1.807) is 0 Å². The zero-order valence-electron chi connectivity index (χ0n) is 9.54. The van der Waals surface area contributed by atoms with Gasteiger partial charge >= 0.3 is 0 Å². The van der Waals surface area contributed by atoms with Crippen LogP contribution in [-0.4, -0.2) is 9.97 Å². The zero-order chi connectivity index (χ0) is 10.9. The Morgan fingerprint density at radius 1 is 1.33 bits per heavy atom. The molecule has 0 aromatic carbocycles. The second-order valence-corrected chi connectivity index (χ2v) is 5.07. The molecule has 0 amide bonds. The fourth-order valence-corrected chi connectivity index (χ4v) is 1.23. The van der Waals surface area contributed by atoms with Crippen LogP contribution in [0.5, 0.6) is 0 Å². The Morgan fingerprint density at radius 2 is 2.07 bits per heavy atom. The van der Waals surface area contributed by atoms with Crippen molar-refractivity contribution >= 4 is 0 Å². The number of nitrogens with zero attached hydrogens (tertiary/aromatic N) is 2. The minimum atomic E-state index is 0.0324. The van der Waals surface area contributed by atoms with Crippen LogP contribution in [0.25, 0.3) is 0 Å². The van der Waals surface area contributed by atoms with Crippen LogP contribution in [0.3, 0.4) is 0 Å². The van der Waals surface area contributed by atoms with E-state index in [-0.39, 0.29) is 5.41 Å². The van der Waals surface area contributed by atoms with Crippen molar-refractivity contribution in [2.24, 2.45) is 5.41 Å². The highest BCUT2D eigenvalue weighted by Crippen LogP contribution is 2.37. The molecular weight excluding hydrogens is 184 g/mol. The Hall–Kier alpha value is -1.36. The summed E-state index contributed by atoms with van der Waals surface area (Å²) in [5.41, 5.74) is 0.881. The van der Waals surface area contributed by atoms with Gasteiger partial charge in [0.15, 0.2) is 0 Å². The van der Waals surface area contributed by atoms with Gasteiger partial charge in [-0.05, 0) is 45.6 Å². The molecule has 2 rings (SSSR count). The Labute approximate surface area is 91.1 Å². The molecule has 1 fully saturated rings. The van der Waals surface area contributed by atoms with E-state index in [1.165, 1.54) is 12.8 Å². The van der Waals surface area contributed by atoms with E-state index in [0.29, 0.717) is 5.92 Å². The molecule has 0 radical (unpaired) electrons. The number of hydrogen-bond donors (Lipinski definition) is 0. The molecule has 15 heavy (non-hydrogen) atoms. The predicted octanol–water partition coefficient (Wildman–Crippen LogP) is 2.75. The van der Waals surface area contributed by atoms with E-state index in [9.17, 15) is 0 Å². The fraction of sp³-hybridized carbons (Fsp3) is 0.538. The van der Waals surface area contributed by atoms with Crippen molar-refractivity contribution in [3.63, 3.8) is 0 Å². The average molecular weight is 200 g/mol. The minimum absolute atomic E-state index is 0.0324. The number of rotatable bonds is 1. The van der Waals surface area contributed by atoms with Crippen molar-refractivity contribution < 1.29 is 0 Å². The van der Waals surface area contributed by atoms with E-state index in [1.807, 2.05) is 12.3 Å². The second kappa shape index (κ2) is 3.66. The van der Waals surface area contributed by atoms with Crippen molar-refractivity contribution in [2.75, 3.05) is 0 Å². The van der Waals surface area contributed by atoms with Gasteiger partial charge in [0.25, 0.3) is 0 Å². The van der Waals surface area contributed by atoms with Crippen LogP contribution in [0, 0.1) is 17.3 Å². The minimum Gasteiger partial charge on any atom is -0.241 e. The lowest BCUT2D eigenvalue weighted by molar-refractivity contribution is 0.571. The van der Waals surface area contributed by atoms with Crippen LogP contribution >= 0.6 is 0 Å². The topological polar surface area (TPSA) is 25.8 Å². The summed E-state index contributed by atoms with van der Waals surface area (Å²) in [4.78, 5) is 8.72. The largest absolute Gasteiger partial charge is 0.241 e. The normalized spacial score (nSPS) is 15.7. The Balaban J connectivity index is 2.20. The molecule has 1 heterocycles. The summed E-state index contributed by atoms with van der Waals surface area (Å²) >= 11 is 0. The molecule has 0 saturated heterocycles. The highest BCUT2D eigenvalue weighted by atomic mass is 14.9. The van der Waals surface area contributed by atoms with E-state index in [0.717, 1.165) is 11.5 Å². The third kappa shape index (κ3) is 3.06. The molecule has 0 aliphatic heterocycles. The van der Waals surface area contributed by atoms with Crippen LogP contribution in [0.4, 0.5) is 0 Å². The summed E-state index contributed by atoms with van der Waals surface area (Å²) < 4.78 is 0. The maximum absolute atomic E-state index is 4.45. The molecule has 0 N–H and O–H groups in total. The molecular formula is C13H16N2. The van der Waals surface area contributed by atoms with Crippen molar-refractivity contribution in [2.45, 2.75) is 39.5 Å². The van der Waals surface area contributed by atoms with Crippen LogP contribution in [0.15, 0.2) is 12.3 Å². The smallest absolute Gasteiger partial charge is 0.132 e. The molecule has 1 aliphatic carbocycles. The second-order valence-electron chi connectivity index (χ2n) is 5.07. The van der Waals surface area contributed by atoms with Gasteiger partial charge in [0, 0.05) is 17.5 Å². The van der Waals surface area contributed by atoms with Gasteiger partial charge in [0.1, 0.15) is 11.5 Å². The molecule has 78 valence electrons. The van der Waals surface area contributed by atoms with Gasteiger partial charge in [0.2, 0.25) is 0 Å². The maximum Gasteiger partial charge on any atom is 0.132 e. The molecule has 2 heteroatoms. The highest BCUT2D eigenvalue weighted by molar-refractivity contribution is 5.29. The zero-order valence-corrected chi connectivity index (χ0v) is 9.54. The van der Waals surface area contributed by atoms with E-state index in [4.69, 9.17) is 0 Å². The maximum atomic E-state index is 4.45. The van der Waals surface area contributed by atoms with Gasteiger partial charge in [-0.2, -0.15) is 0 Å². The van der Waals surface area contributed by atoms with Crippen molar-refractivity contribution in [3.05, 3.63) is 23.8 Å². The molecule has 2 nitrogen and oxygen atoms in total. The fourth-order valence-electron chi connectivity index (χ4n) is 1.23. The molecule has 0 bridgehead atoms. The first kappa shape index (κ1) is 10.2. The Bertz CT molecular complexity index is 414. The quantitative estimate of drug-likeness (QED) is 0.651. The lowest BCUT2D eigenvalue weighted by atomic mass is 9.98. The third-order valence-corrected chi connectivity index (χ3v) is 2.18. The molecule has 0 unspecified atom stereocenters. The molecule has 1 aromatic heterocycles. The SMILES string of the molecule is CC(C)(C)C#Cc1ccnc(C2CC2)n1. The highest BCUT2D eigenvalue weighted by Gasteiger charge is 2.26. The molecule has 1 aromatic rings. The van der Waals surface area contributed by atoms with E-state index < -0.39 is 0 Å². The number of aromatic nitrogens is 2. The summed E-state index contributed by atoms with van der Waals surface area (Å²) in [5.74, 6) is 7.86. The predicted molar refractivity (Wildman–Crippen MR) is 60.3 cm³/mol. The van der Waals surface area contributed by atoms with Crippen LogP contribution in [-0.2, 0) is 0 Å². The number of hydrogen-bond acceptors (Lipinski definition) is 2. The monoisotopic (exact) mass is 200 g/mol. The Morgan fingerprint density at radius 3 is 2.67 bits per heavy atom. The van der Waals surface area contributed by atoms with Crippen LogP contribution in [0.2, 0.25) is 0 Å². The van der Waals surface area contributed by atoms with Crippen molar-refractivity contribution in [3.8, 4) is 11.8 Å². The van der Waals surface area contributed by atoms with Crippen molar-refractivity contribution in [1.82, 2.24) is 9.97 Å². The lowest BCUT2D eigenvalue weighted by Crippen LogP contribution is -2.00. The van der Waals surface area contributed by atoms with Gasteiger partial charge in [0.05, 0.1) is 0 Å². The van der Waals surface area contributed by atoms with Crippen molar-refractivity contribution in [1.29, 1.82) is 0 Å². The van der Waals surface area contributed by atoms with Gasteiger partial charge in [-0.1, -0.05) is 5.92 Å². The van der Waals surface area contributed by atoms with Gasteiger partial charge in [-0.3, -0.25) is 0 Å². The standard InChI is InChI=1S/C13H16N2/c1-13(2,3)8-6-11-7-9-14-12(15-11)10-4-5-10/h7,9-10H,4-5H2,1-3H3. The van der Waals surface area contributed by atoms with E-state index >= 15 is 0 Å². The molecule has 1 aliphatic rings. The first-order chi connectivity index (χ1) is 7.04. The van der Waals surface area contributed by atoms with Gasteiger partial charge in [-0.15, -0.1) is 0 Å². The summed E-state index contributed by atoms with van der Waals surface area (Å²) in [5, 5.41) is 0. The summed E-state index contributed by atoms with van der Waals surface area (Å²) in [6.45, 7) is 6.30. The summed E-state index contributed by atoms with van der Waals surface area (Å²) in [6.07, 6.45) is 4.28. The third-order valence-electron chi connectivity index (χ3n) is 2.18. The first-order valence-corrected chi connectivity index (χ1v) is 5.41. The van der Waals surface area contributed by atoms with Gasteiger partial charge in [-0.25, -0.2) is 9.97 Å². The average Bonchev–Trinajstić information content (AvgIpc) is 2.97. The molecule has 0 atom stereocenters. The first-order valence-electron chi connectivity index (χ1n) is 5.41. The molecule has 0 spiro atoms. The van der Waals surface area contributed by atoms with E-state index in [2.05, 4.69) is 42.6 Å². The summed E-state index contributed by atoms with van der Waals surface area (Å²) in [6, 6.07) is 1.88. The Kier molecular flexibility index (Phi) is 2.48. The molecule has 1 saturated carbocycles. The lowest BCUT2D eigenvalue weighted by Gasteiger charge is -2.06. The van der Waals surface area contributed by atoms with Crippen LogP contribution < -0.4 is 0 Å². The van der Waals surface area contributed by atoms with Crippen LogP contribution in [0.1, 0.15) is 51.0 Å².